The summed E-state index contributed by atoms with van der Waals surface area (Å²) in [5.41, 5.74) is 2.35. The molecule has 2 aromatic heterocycles. The van der Waals surface area contributed by atoms with Crippen LogP contribution in [0.2, 0.25) is 0 Å². The van der Waals surface area contributed by atoms with Crippen LogP contribution in [0.15, 0.2) is 61.0 Å². The van der Waals surface area contributed by atoms with Crippen molar-refractivity contribution in [1.82, 2.24) is 9.97 Å². The largest absolute Gasteiger partial charge is 0.478 e. The maximum atomic E-state index is 12.1. The number of carbonyl (C=O) groups is 1. The first-order valence-corrected chi connectivity index (χ1v) is 11.9. The molecule has 0 amide bonds. The molecule has 1 aromatic carbocycles. The molecule has 0 bridgehead atoms. The predicted molar refractivity (Wildman–Crippen MR) is 130 cm³/mol. The van der Waals surface area contributed by atoms with Gasteiger partial charge in [0.2, 0.25) is 6.29 Å². The lowest BCUT2D eigenvalue weighted by molar-refractivity contribution is -0.339. The summed E-state index contributed by atoms with van der Waals surface area (Å²) in [6.07, 6.45) is -4.12. The Kier molecular flexibility index (Phi) is 6.99. The Morgan fingerprint density at radius 3 is 2.62 bits per heavy atom. The van der Waals surface area contributed by atoms with E-state index < -0.39 is 61.4 Å². The van der Waals surface area contributed by atoms with Crippen molar-refractivity contribution < 1.29 is 44.5 Å². The van der Waals surface area contributed by atoms with Crippen LogP contribution in [0.1, 0.15) is 5.69 Å². The lowest BCUT2D eigenvalue weighted by Crippen LogP contribution is -2.60. The molecular weight excluding hydrogens is 484 g/mol. The predicted octanol–water partition coefficient (Wildman–Crippen LogP) is 0.818. The fraction of sp³-hybridized carbons (Fsp3) is 0.385. The van der Waals surface area contributed by atoms with Gasteiger partial charge >= 0.3 is 5.97 Å². The Labute approximate surface area is 211 Å². The number of aliphatic hydroxyl groups is 4. The minimum atomic E-state index is -1.64. The number of benzene rings is 1. The van der Waals surface area contributed by atoms with Crippen LogP contribution < -0.4 is 0 Å². The van der Waals surface area contributed by atoms with Crippen molar-refractivity contribution in [1.29, 1.82) is 0 Å². The summed E-state index contributed by atoms with van der Waals surface area (Å²) in [4.78, 5) is 20.0. The van der Waals surface area contributed by atoms with Gasteiger partial charge in [-0.2, -0.15) is 0 Å². The molecule has 8 atom stereocenters. The number of aromatic amines is 1. The van der Waals surface area contributed by atoms with Gasteiger partial charge in [0.25, 0.3) is 0 Å². The average molecular weight is 513 g/mol. The van der Waals surface area contributed by atoms with Crippen LogP contribution in [-0.4, -0.2) is 85.1 Å². The maximum absolute atomic E-state index is 12.1. The first-order chi connectivity index (χ1) is 17.8. The topological polar surface area (TPSA) is 175 Å². The van der Waals surface area contributed by atoms with Gasteiger partial charge in [0, 0.05) is 34.3 Å². The number of aromatic nitrogens is 2. The molecule has 1 saturated heterocycles. The number of hydrogen-bond acceptors (Lipinski definition) is 9. The number of nitrogens with zero attached hydrogens (tertiary/aromatic N) is 1. The summed E-state index contributed by atoms with van der Waals surface area (Å²) in [6, 6.07) is 9.70. The van der Waals surface area contributed by atoms with Crippen molar-refractivity contribution in [2.75, 3.05) is 6.61 Å². The van der Waals surface area contributed by atoms with Gasteiger partial charge in [0.1, 0.15) is 24.4 Å². The van der Waals surface area contributed by atoms with Crippen LogP contribution in [-0.2, 0) is 25.4 Å². The average Bonchev–Trinajstić information content (AvgIpc) is 3.28. The third kappa shape index (κ3) is 4.50. The van der Waals surface area contributed by atoms with Crippen molar-refractivity contribution in [2.24, 2.45) is 11.8 Å². The summed E-state index contributed by atoms with van der Waals surface area (Å²) < 4.78 is 16.8. The van der Waals surface area contributed by atoms with Crippen LogP contribution in [0.4, 0.5) is 0 Å². The first-order valence-electron chi connectivity index (χ1n) is 11.9. The monoisotopic (exact) mass is 512 g/mol. The number of rotatable bonds is 7. The number of fused-ring (bicyclic) bond motifs is 3. The Hall–Kier alpha value is -3.32. The van der Waals surface area contributed by atoms with E-state index in [1.165, 1.54) is 6.08 Å². The molecule has 4 heterocycles. The Balaban J connectivity index is 1.46. The van der Waals surface area contributed by atoms with Crippen molar-refractivity contribution >= 4 is 27.8 Å². The number of pyridine rings is 1. The molecule has 11 nitrogen and oxygen atoms in total. The molecular formula is C26H28N2O9. The number of nitrogens with one attached hydrogen (secondary N) is 1. The molecule has 0 unspecified atom stereocenters. The normalized spacial score (nSPS) is 32.2. The fourth-order valence-electron chi connectivity index (χ4n) is 5.07. The van der Waals surface area contributed by atoms with Gasteiger partial charge in [0.15, 0.2) is 6.29 Å². The van der Waals surface area contributed by atoms with Crippen LogP contribution in [0.3, 0.4) is 0 Å². The fourth-order valence-corrected chi connectivity index (χ4v) is 5.07. The summed E-state index contributed by atoms with van der Waals surface area (Å²) in [6.45, 7) is 3.23. The molecule has 0 spiro atoms. The van der Waals surface area contributed by atoms with E-state index in [1.807, 2.05) is 30.3 Å². The second kappa shape index (κ2) is 10.2. The molecule has 3 aromatic rings. The molecule has 6 N–H and O–H groups in total. The second-order valence-electron chi connectivity index (χ2n) is 9.19. The third-order valence-electron chi connectivity index (χ3n) is 7.06. The van der Waals surface area contributed by atoms with Crippen molar-refractivity contribution in [3.05, 3.63) is 66.7 Å². The van der Waals surface area contributed by atoms with Gasteiger partial charge in [-0.15, -0.1) is 6.58 Å². The minimum absolute atomic E-state index is 0.00605. The number of carboxylic acids is 1. The molecule has 0 saturated carbocycles. The van der Waals surface area contributed by atoms with E-state index in [2.05, 4.69) is 16.5 Å². The smallest absolute Gasteiger partial charge is 0.335 e. The van der Waals surface area contributed by atoms with Gasteiger partial charge < -0.3 is 44.7 Å². The summed E-state index contributed by atoms with van der Waals surface area (Å²) in [5.74, 6) is -2.57. The summed E-state index contributed by atoms with van der Waals surface area (Å²) in [5, 5.41) is 51.9. The Morgan fingerprint density at radius 1 is 1.11 bits per heavy atom. The Bertz CT molecular complexity index is 1340. The van der Waals surface area contributed by atoms with Crippen LogP contribution >= 0.6 is 0 Å². The molecule has 2 aliphatic rings. The second-order valence-corrected chi connectivity index (χ2v) is 9.19. The van der Waals surface area contributed by atoms with Crippen molar-refractivity contribution in [2.45, 2.75) is 43.4 Å². The van der Waals surface area contributed by atoms with Crippen molar-refractivity contribution in [3.8, 4) is 0 Å². The lowest BCUT2D eigenvalue weighted by Gasteiger charge is -2.43. The highest BCUT2D eigenvalue weighted by Crippen LogP contribution is 2.38. The number of aliphatic carboxylic acids is 1. The quantitative estimate of drug-likeness (QED) is 0.249. The van der Waals surface area contributed by atoms with Gasteiger partial charge in [-0.1, -0.05) is 24.3 Å². The number of H-pyrrole nitrogens is 1. The zero-order chi connectivity index (χ0) is 26.3. The van der Waals surface area contributed by atoms with Crippen LogP contribution in [0, 0.1) is 11.8 Å². The number of para-hydroxylation sites is 1. The van der Waals surface area contributed by atoms with E-state index >= 15 is 0 Å². The molecule has 2 aliphatic heterocycles. The minimum Gasteiger partial charge on any atom is -0.478 e. The maximum Gasteiger partial charge on any atom is 0.335 e. The van der Waals surface area contributed by atoms with Gasteiger partial charge in [0.05, 0.1) is 29.7 Å². The molecule has 5 rings (SSSR count). The molecule has 0 radical (unpaired) electrons. The SMILES string of the molecule is C=C[C@H]1[C@H](O[C@H]2O[C@@H](CO)[C@H](O)[C@@H](O)[C@@H]2O)OC=C(C(=O)O)[C@H]1Cc1nccc2c1[nH]c1ccccc12. The van der Waals surface area contributed by atoms with Crippen LogP contribution in [0.5, 0.6) is 0 Å². The summed E-state index contributed by atoms with van der Waals surface area (Å²) in [7, 11) is 0. The third-order valence-corrected chi connectivity index (χ3v) is 7.06. The highest BCUT2D eigenvalue weighted by atomic mass is 16.8. The van der Waals surface area contributed by atoms with E-state index in [0.717, 1.165) is 28.1 Å². The van der Waals surface area contributed by atoms with Gasteiger partial charge in [-0.3, -0.25) is 4.98 Å². The molecule has 196 valence electrons. The highest BCUT2D eigenvalue weighted by molar-refractivity contribution is 6.07. The van der Waals surface area contributed by atoms with E-state index in [1.54, 1.807) is 6.20 Å². The molecule has 37 heavy (non-hydrogen) atoms. The van der Waals surface area contributed by atoms with E-state index in [0.29, 0.717) is 5.69 Å². The zero-order valence-corrected chi connectivity index (χ0v) is 19.7. The zero-order valence-electron chi connectivity index (χ0n) is 19.7. The van der Waals surface area contributed by atoms with Crippen LogP contribution in [0.25, 0.3) is 21.8 Å². The number of carboxylic acid groups (broad SMARTS) is 1. The van der Waals surface area contributed by atoms with Gasteiger partial charge in [-0.05, 0) is 18.6 Å². The molecule has 1 fully saturated rings. The number of hydrogen-bond donors (Lipinski definition) is 6. The molecule has 0 aliphatic carbocycles. The summed E-state index contributed by atoms with van der Waals surface area (Å²) >= 11 is 0. The van der Waals surface area contributed by atoms with Gasteiger partial charge in [-0.25, -0.2) is 4.79 Å². The highest BCUT2D eigenvalue weighted by Gasteiger charge is 2.47. The van der Waals surface area contributed by atoms with E-state index in [4.69, 9.17) is 14.2 Å². The Morgan fingerprint density at radius 2 is 1.89 bits per heavy atom. The number of aliphatic hydroxyl groups excluding tert-OH is 4. The van der Waals surface area contributed by atoms with E-state index in [9.17, 15) is 30.3 Å². The number of ether oxygens (including phenoxy) is 3. The molecule has 11 heteroatoms. The van der Waals surface area contributed by atoms with Crippen molar-refractivity contribution in [3.63, 3.8) is 0 Å². The first kappa shape index (κ1) is 25.3. The van der Waals surface area contributed by atoms with E-state index in [-0.39, 0.29) is 12.0 Å². The standard InChI is InChI=1S/C26H28N2O9/c1-2-12-15(9-18-20-14(7-8-27-18)13-5-3-4-6-17(13)28-20)16(24(33)34)11-35-25(12)37-26-23(32)22(31)21(30)19(10-29)36-26/h2-8,11-12,15,19,21-23,25-26,28-32H,1,9-10H2,(H,33,34)/t12-,15+,19+,21+,22-,23+,25+,26-/m1/s1. The lowest BCUT2D eigenvalue weighted by atomic mass is 9.80.